The summed E-state index contributed by atoms with van der Waals surface area (Å²) in [7, 11) is 0. The summed E-state index contributed by atoms with van der Waals surface area (Å²) in [5, 5.41) is 0.876. The Morgan fingerprint density at radius 2 is 1.66 bits per heavy atom. The van der Waals surface area contributed by atoms with Crippen molar-refractivity contribution in [3.8, 4) is 5.75 Å². The number of halogens is 2. The topological polar surface area (TPSA) is 49.9 Å². The number of ether oxygens (including phenoxy) is 1. The third kappa shape index (κ3) is 5.43. The van der Waals surface area contributed by atoms with E-state index in [9.17, 15) is 9.59 Å². The number of carbonyl (C=O) groups excluding carboxylic acids is 2. The normalized spacial score (nSPS) is 14.5. The third-order valence-corrected chi connectivity index (χ3v) is 5.67. The number of benzene rings is 2. The van der Waals surface area contributed by atoms with Crippen molar-refractivity contribution in [2.75, 3.05) is 32.8 Å². The first-order valence-electron chi connectivity index (χ1n) is 9.57. The number of hydrogen-bond donors (Lipinski definition) is 0. The highest BCUT2D eigenvalue weighted by Crippen LogP contribution is 2.27. The summed E-state index contributed by atoms with van der Waals surface area (Å²) in [6.07, 6.45) is 0.726. The van der Waals surface area contributed by atoms with Gasteiger partial charge < -0.3 is 14.5 Å². The maximum Gasteiger partial charge on any atom is 0.260 e. The molecule has 7 heteroatoms. The minimum Gasteiger partial charge on any atom is -0.482 e. The summed E-state index contributed by atoms with van der Waals surface area (Å²) in [6.45, 7) is 6.12. The SMILES string of the molecule is Cc1ccc(C(=O)N2CCCN(C(=O)COc3ccc(Cl)cc3Cl)CC2)cc1C. The largest absolute Gasteiger partial charge is 0.482 e. The molecule has 154 valence electrons. The van der Waals surface area contributed by atoms with Crippen LogP contribution in [0.2, 0.25) is 10.0 Å². The van der Waals surface area contributed by atoms with Gasteiger partial charge in [-0.2, -0.15) is 0 Å². The Morgan fingerprint density at radius 3 is 2.38 bits per heavy atom. The van der Waals surface area contributed by atoms with Gasteiger partial charge in [-0.15, -0.1) is 0 Å². The molecule has 2 aromatic carbocycles. The average molecular weight is 435 g/mol. The number of amides is 2. The van der Waals surface area contributed by atoms with Crippen LogP contribution in [-0.2, 0) is 4.79 Å². The van der Waals surface area contributed by atoms with Crippen molar-refractivity contribution >= 4 is 35.0 Å². The van der Waals surface area contributed by atoms with Crippen molar-refractivity contribution in [1.29, 1.82) is 0 Å². The van der Waals surface area contributed by atoms with Gasteiger partial charge in [-0.05, 0) is 61.7 Å². The molecule has 5 nitrogen and oxygen atoms in total. The number of rotatable bonds is 4. The molecule has 0 unspecified atom stereocenters. The summed E-state index contributed by atoms with van der Waals surface area (Å²) < 4.78 is 5.55. The lowest BCUT2D eigenvalue weighted by molar-refractivity contribution is -0.133. The molecular weight excluding hydrogens is 411 g/mol. The van der Waals surface area contributed by atoms with Crippen molar-refractivity contribution < 1.29 is 14.3 Å². The zero-order valence-electron chi connectivity index (χ0n) is 16.6. The summed E-state index contributed by atoms with van der Waals surface area (Å²) in [5.74, 6) is 0.300. The van der Waals surface area contributed by atoms with Crippen molar-refractivity contribution in [3.05, 3.63) is 63.1 Å². The van der Waals surface area contributed by atoms with Crippen LogP contribution in [0.3, 0.4) is 0 Å². The minimum atomic E-state index is -0.128. The summed E-state index contributed by atoms with van der Waals surface area (Å²) >= 11 is 12.0. The first-order valence-corrected chi connectivity index (χ1v) is 10.3. The van der Waals surface area contributed by atoms with E-state index in [1.54, 1.807) is 23.1 Å². The van der Waals surface area contributed by atoms with Gasteiger partial charge in [-0.25, -0.2) is 0 Å². The highest BCUT2D eigenvalue weighted by atomic mass is 35.5. The Hall–Kier alpha value is -2.24. The highest BCUT2D eigenvalue weighted by molar-refractivity contribution is 6.35. The molecule has 0 saturated carbocycles. The lowest BCUT2D eigenvalue weighted by atomic mass is 10.1. The average Bonchev–Trinajstić information content (AvgIpc) is 2.95. The summed E-state index contributed by atoms with van der Waals surface area (Å²) in [5.41, 5.74) is 2.95. The molecule has 0 atom stereocenters. The maximum atomic E-state index is 12.8. The predicted molar refractivity (Wildman–Crippen MR) is 115 cm³/mol. The van der Waals surface area contributed by atoms with Gasteiger partial charge in [-0.1, -0.05) is 29.3 Å². The highest BCUT2D eigenvalue weighted by Gasteiger charge is 2.23. The molecule has 1 aliphatic heterocycles. The maximum absolute atomic E-state index is 12.8. The molecule has 0 N–H and O–H groups in total. The van der Waals surface area contributed by atoms with Crippen LogP contribution in [0.15, 0.2) is 36.4 Å². The number of aryl methyl sites for hydroxylation is 2. The van der Waals surface area contributed by atoms with Gasteiger partial charge in [0.2, 0.25) is 0 Å². The first kappa shape index (κ1) is 21.5. The van der Waals surface area contributed by atoms with E-state index in [0.717, 1.165) is 17.5 Å². The van der Waals surface area contributed by atoms with E-state index in [1.807, 2.05) is 36.9 Å². The van der Waals surface area contributed by atoms with Gasteiger partial charge >= 0.3 is 0 Å². The Morgan fingerprint density at radius 1 is 0.931 bits per heavy atom. The Balaban J connectivity index is 1.56. The number of nitrogens with zero attached hydrogens (tertiary/aromatic N) is 2. The van der Waals surface area contributed by atoms with E-state index in [1.165, 1.54) is 0 Å². The fraction of sp³-hybridized carbons (Fsp3) is 0.364. The minimum absolute atomic E-state index is 0.00611. The van der Waals surface area contributed by atoms with E-state index < -0.39 is 0 Å². The van der Waals surface area contributed by atoms with Crippen LogP contribution < -0.4 is 4.74 Å². The predicted octanol–water partition coefficient (Wildman–Crippen LogP) is 4.36. The van der Waals surface area contributed by atoms with Crippen LogP contribution in [0.25, 0.3) is 0 Å². The lowest BCUT2D eigenvalue weighted by Gasteiger charge is -2.22. The standard InChI is InChI=1S/C22H24Cl2N2O3/c1-15-4-5-17(12-16(15)2)22(28)26-9-3-8-25(10-11-26)21(27)14-29-20-7-6-18(23)13-19(20)24/h4-7,12-13H,3,8-11,14H2,1-2H3. The quantitative estimate of drug-likeness (QED) is 0.717. The van der Waals surface area contributed by atoms with Crippen LogP contribution in [0.1, 0.15) is 27.9 Å². The molecule has 0 aromatic heterocycles. The van der Waals surface area contributed by atoms with E-state index in [2.05, 4.69) is 0 Å². The van der Waals surface area contributed by atoms with Crippen LogP contribution in [-0.4, -0.2) is 54.4 Å². The van der Waals surface area contributed by atoms with Crippen LogP contribution in [0, 0.1) is 13.8 Å². The molecule has 1 heterocycles. The van der Waals surface area contributed by atoms with Crippen LogP contribution in [0.5, 0.6) is 5.75 Å². The summed E-state index contributed by atoms with van der Waals surface area (Å²) in [6, 6.07) is 10.6. The molecular formula is C22H24Cl2N2O3. The molecule has 2 aromatic rings. The lowest BCUT2D eigenvalue weighted by Crippen LogP contribution is -2.39. The van der Waals surface area contributed by atoms with Gasteiger partial charge in [0.05, 0.1) is 5.02 Å². The molecule has 0 bridgehead atoms. The smallest absolute Gasteiger partial charge is 0.260 e. The Bertz CT molecular complexity index is 917. The Kier molecular flexibility index (Phi) is 7.04. The first-order chi connectivity index (χ1) is 13.8. The van der Waals surface area contributed by atoms with Crippen LogP contribution >= 0.6 is 23.2 Å². The van der Waals surface area contributed by atoms with Gasteiger partial charge in [-0.3, -0.25) is 9.59 Å². The second-order valence-electron chi connectivity index (χ2n) is 7.19. The molecule has 0 spiro atoms. The monoisotopic (exact) mass is 434 g/mol. The molecule has 1 saturated heterocycles. The molecule has 2 amide bonds. The van der Waals surface area contributed by atoms with Gasteiger partial charge in [0.25, 0.3) is 11.8 Å². The molecule has 29 heavy (non-hydrogen) atoms. The second-order valence-corrected chi connectivity index (χ2v) is 8.03. The summed E-state index contributed by atoms with van der Waals surface area (Å²) in [4.78, 5) is 28.9. The van der Waals surface area contributed by atoms with E-state index >= 15 is 0 Å². The molecule has 0 aliphatic carbocycles. The van der Waals surface area contributed by atoms with E-state index in [0.29, 0.717) is 47.5 Å². The zero-order valence-corrected chi connectivity index (χ0v) is 18.1. The van der Waals surface area contributed by atoms with Gasteiger partial charge in [0.1, 0.15) is 5.75 Å². The van der Waals surface area contributed by atoms with Gasteiger partial charge in [0.15, 0.2) is 6.61 Å². The van der Waals surface area contributed by atoms with Gasteiger partial charge in [0, 0.05) is 36.8 Å². The van der Waals surface area contributed by atoms with Crippen molar-refractivity contribution in [1.82, 2.24) is 9.80 Å². The molecule has 0 radical (unpaired) electrons. The fourth-order valence-corrected chi connectivity index (χ4v) is 3.71. The van der Waals surface area contributed by atoms with Crippen molar-refractivity contribution in [3.63, 3.8) is 0 Å². The van der Waals surface area contributed by atoms with Crippen LogP contribution in [0.4, 0.5) is 0 Å². The Labute approximate surface area is 181 Å². The molecule has 3 rings (SSSR count). The van der Waals surface area contributed by atoms with Crippen molar-refractivity contribution in [2.24, 2.45) is 0 Å². The zero-order chi connectivity index (χ0) is 21.0. The van der Waals surface area contributed by atoms with E-state index in [4.69, 9.17) is 27.9 Å². The number of hydrogen-bond acceptors (Lipinski definition) is 3. The molecule has 1 aliphatic rings. The molecule has 1 fully saturated rings. The number of carbonyl (C=O) groups is 2. The fourth-order valence-electron chi connectivity index (χ4n) is 3.25. The van der Waals surface area contributed by atoms with E-state index in [-0.39, 0.29) is 18.4 Å². The second kappa shape index (κ2) is 9.51. The van der Waals surface area contributed by atoms with Crippen molar-refractivity contribution in [2.45, 2.75) is 20.3 Å². The third-order valence-electron chi connectivity index (χ3n) is 5.13.